The Kier molecular flexibility index (Phi) is 5.46. The molecule has 0 saturated carbocycles. The topological polar surface area (TPSA) is 21.7 Å². The second-order valence-electron chi connectivity index (χ2n) is 5.12. The third-order valence-corrected chi connectivity index (χ3v) is 3.94. The van der Waals surface area contributed by atoms with Gasteiger partial charge < -0.3 is 9.47 Å². The van der Waals surface area contributed by atoms with Crippen molar-refractivity contribution >= 4 is 0 Å². The molecule has 1 fully saturated rings. The van der Waals surface area contributed by atoms with Gasteiger partial charge >= 0.3 is 0 Å². The summed E-state index contributed by atoms with van der Waals surface area (Å²) in [6.07, 6.45) is 1.40. The van der Waals surface area contributed by atoms with Gasteiger partial charge in [-0.3, -0.25) is 4.90 Å². The van der Waals surface area contributed by atoms with E-state index in [9.17, 15) is 8.78 Å². The van der Waals surface area contributed by atoms with E-state index in [1.807, 2.05) is 0 Å². The van der Waals surface area contributed by atoms with E-state index in [4.69, 9.17) is 9.47 Å². The lowest BCUT2D eigenvalue weighted by Gasteiger charge is -2.33. The number of ether oxygens (including phenoxy) is 2. The summed E-state index contributed by atoms with van der Waals surface area (Å²) in [6.45, 7) is 2.37. The van der Waals surface area contributed by atoms with Crippen molar-refractivity contribution in [2.75, 3.05) is 33.9 Å². The van der Waals surface area contributed by atoms with Crippen LogP contribution in [0.5, 0.6) is 0 Å². The third kappa shape index (κ3) is 3.53. The lowest BCUT2D eigenvalue weighted by atomic mass is 9.89. The zero-order chi connectivity index (χ0) is 14.5. The number of likely N-dealkylation sites (tertiary alicyclic amines) is 1. The molecule has 0 aromatic heterocycles. The zero-order valence-electron chi connectivity index (χ0n) is 11.9. The Bertz CT molecular complexity index is 430. The lowest BCUT2D eigenvalue weighted by Crippen LogP contribution is -2.39. The van der Waals surface area contributed by atoms with E-state index in [0.29, 0.717) is 12.1 Å². The number of halogens is 2. The van der Waals surface area contributed by atoms with Crippen LogP contribution < -0.4 is 0 Å². The maximum Gasteiger partial charge on any atom is 0.169 e. The average molecular weight is 285 g/mol. The van der Waals surface area contributed by atoms with E-state index in [1.54, 1.807) is 26.4 Å². The molecule has 1 saturated heterocycles. The summed E-state index contributed by atoms with van der Waals surface area (Å²) < 4.78 is 37.4. The number of piperidine rings is 1. The second kappa shape index (κ2) is 7.11. The molecule has 1 aromatic carbocycles. The van der Waals surface area contributed by atoms with Gasteiger partial charge in [0.15, 0.2) is 17.9 Å². The molecule has 0 bridgehead atoms. The van der Waals surface area contributed by atoms with Crippen LogP contribution in [0.4, 0.5) is 8.78 Å². The molecule has 20 heavy (non-hydrogen) atoms. The van der Waals surface area contributed by atoms with Gasteiger partial charge in [0.05, 0.1) is 0 Å². The fraction of sp³-hybridized carbons (Fsp3) is 0.600. The van der Waals surface area contributed by atoms with Crippen LogP contribution in [0, 0.1) is 11.6 Å². The summed E-state index contributed by atoms with van der Waals surface area (Å²) in [4.78, 5) is 2.23. The highest BCUT2D eigenvalue weighted by Gasteiger charge is 2.25. The normalized spacial score (nSPS) is 17.9. The van der Waals surface area contributed by atoms with Crippen LogP contribution in [-0.2, 0) is 9.47 Å². The molecular weight excluding hydrogens is 264 g/mol. The van der Waals surface area contributed by atoms with Crippen molar-refractivity contribution in [3.8, 4) is 0 Å². The van der Waals surface area contributed by atoms with Gasteiger partial charge in [0, 0.05) is 20.8 Å². The van der Waals surface area contributed by atoms with Gasteiger partial charge in [-0.15, -0.1) is 0 Å². The molecule has 0 unspecified atom stereocenters. The molecule has 0 radical (unpaired) electrons. The van der Waals surface area contributed by atoms with E-state index in [-0.39, 0.29) is 12.2 Å². The van der Waals surface area contributed by atoms with Crippen LogP contribution in [0.15, 0.2) is 18.2 Å². The Morgan fingerprint density at radius 2 is 1.85 bits per heavy atom. The van der Waals surface area contributed by atoms with Gasteiger partial charge in [0.2, 0.25) is 0 Å². The van der Waals surface area contributed by atoms with Crippen LogP contribution >= 0.6 is 0 Å². The van der Waals surface area contributed by atoms with Crippen LogP contribution in [0.1, 0.15) is 24.3 Å². The Labute approximate surface area is 118 Å². The Morgan fingerprint density at radius 1 is 1.20 bits per heavy atom. The summed E-state index contributed by atoms with van der Waals surface area (Å²) in [6, 6.07) is 4.42. The predicted octanol–water partition coefficient (Wildman–Crippen LogP) is 2.76. The Balaban J connectivity index is 1.92. The monoisotopic (exact) mass is 285 g/mol. The number of benzene rings is 1. The summed E-state index contributed by atoms with van der Waals surface area (Å²) in [5, 5.41) is 0. The van der Waals surface area contributed by atoms with Crippen LogP contribution in [0.3, 0.4) is 0 Å². The molecule has 112 valence electrons. The number of hydrogen-bond donors (Lipinski definition) is 0. The molecule has 5 heteroatoms. The smallest absolute Gasteiger partial charge is 0.169 e. The first kappa shape index (κ1) is 15.4. The summed E-state index contributed by atoms with van der Waals surface area (Å²) >= 11 is 0. The molecule has 0 spiro atoms. The quantitative estimate of drug-likeness (QED) is 0.777. The number of rotatable bonds is 5. The molecule has 1 aromatic rings. The number of methoxy groups -OCH3 is 2. The van der Waals surface area contributed by atoms with Gasteiger partial charge in [0.25, 0.3) is 0 Å². The maximum absolute atomic E-state index is 13.8. The lowest BCUT2D eigenvalue weighted by molar-refractivity contribution is -0.118. The van der Waals surface area contributed by atoms with Crippen LogP contribution in [0.25, 0.3) is 0 Å². The van der Waals surface area contributed by atoms with Crippen LogP contribution in [-0.4, -0.2) is 45.0 Å². The molecular formula is C15H21F2NO2. The standard InChI is InChI=1S/C15H21F2NO2/c1-19-14(20-2)10-18-8-6-11(7-9-18)12-4-3-5-13(16)15(12)17/h3-5,11,14H,6-10H2,1-2H3. The number of hydrogen-bond acceptors (Lipinski definition) is 3. The second-order valence-corrected chi connectivity index (χ2v) is 5.12. The molecule has 0 N–H and O–H groups in total. The summed E-state index contributed by atoms with van der Waals surface area (Å²) in [7, 11) is 3.23. The van der Waals surface area contributed by atoms with Crippen molar-refractivity contribution in [2.24, 2.45) is 0 Å². The Morgan fingerprint density at radius 3 is 2.45 bits per heavy atom. The van der Waals surface area contributed by atoms with E-state index >= 15 is 0 Å². The molecule has 3 nitrogen and oxygen atoms in total. The van der Waals surface area contributed by atoms with Crippen LogP contribution in [0.2, 0.25) is 0 Å². The summed E-state index contributed by atoms with van der Waals surface area (Å²) in [5.41, 5.74) is 0.500. The summed E-state index contributed by atoms with van der Waals surface area (Å²) in [5.74, 6) is -1.37. The first-order chi connectivity index (χ1) is 9.65. The molecule has 0 atom stereocenters. The van der Waals surface area contributed by atoms with Crippen molar-refractivity contribution in [3.05, 3.63) is 35.4 Å². The number of nitrogens with zero attached hydrogens (tertiary/aromatic N) is 1. The largest absolute Gasteiger partial charge is 0.355 e. The van der Waals surface area contributed by atoms with Gasteiger partial charge in [-0.05, 0) is 43.5 Å². The highest BCUT2D eigenvalue weighted by atomic mass is 19.2. The SMILES string of the molecule is COC(CN1CCC(c2cccc(F)c2F)CC1)OC. The molecule has 0 aliphatic carbocycles. The zero-order valence-corrected chi connectivity index (χ0v) is 11.9. The van der Waals surface area contributed by atoms with Crippen molar-refractivity contribution in [1.29, 1.82) is 0 Å². The van der Waals surface area contributed by atoms with Gasteiger partial charge in [-0.25, -0.2) is 8.78 Å². The highest BCUT2D eigenvalue weighted by Crippen LogP contribution is 2.30. The highest BCUT2D eigenvalue weighted by molar-refractivity contribution is 5.23. The fourth-order valence-corrected chi connectivity index (χ4v) is 2.72. The molecule has 1 heterocycles. The average Bonchev–Trinajstić information content (AvgIpc) is 2.48. The van der Waals surface area contributed by atoms with E-state index in [2.05, 4.69) is 4.90 Å². The Hall–Kier alpha value is -1.04. The van der Waals surface area contributed by atoms with Crippen molar-refractivity contribution < 1.29 is 18.3 Å². The van der Waals surface area contributed by atoms with Gasteiger partial charge in [-0.1, -0.05) is 12.1 Å². The van der Waals surface area contributed by atoms with E-state index in [0.717, 1.165) is 32.0 Å². The molecule has 2 rings (SSSR count). The first-order valence-electron chi connectivity index (χ1n) is 6.87. The maximum atomic E-state index is 13.8. The minimum Gasteiger partial charge on any atom is -0.355 e. The molecule has 1 aliphatic rings. The molecule has 0 amide bonds. The van der Waals surface area contributed by atoms with Crippen molar-refractivity contribution in [3.63, 3.8) is 0 Å². The minimum atomic E-state index is -0.760. The first-order valence-corrected chi connectivity index (χ1v) is 6.87. The van der Waals surface area contributed by atoms with Crippen molar-refractivity contribution in [2.45, 2.75) is 25.0 Å². The van der Waals surface area contributed by atoms with Crippen molar-refractivity contribution in [1.82, 2.24) is 4.90 Å². The van der Waals surface area contributed by atoms with Gasteiger partial charge in [0.1, 0.15) is 0 Å². The van der Waals surface area contributed by atoms with E-state index < -0.39 is 11.6 Å². The fourth-order valence-electron chi connectivity index (χ4n) is 2.72. The third-order valence-electron chi connectivity index (χ3n) is 3.94. The molecule has 1 aliphatic heterocycles. The van der Waals surface area contributed by atoms with Gasteiger partial charge in [-0.2, -0.15) is 0 Å². The minimum absolute atomic E-state index is 0.0884. The predicted molar refractivity (Wildman–Crippen MR) is 72.6 cm³/mol. The van der Waals surface area contributed by atoms with E-state index in [1.165, 1.54) is 0 Å².